The third-order valence-electron chi connectivity index (χ3n) is 4.91. The summed E-state index contributed by atoms with van der Waals surface area (Å²) < 4.78 is 0.265. The molecule has 0 amide bonds. The van der Waals surface area contributed by atoms with Gasteiger partial charge in [0.05, 0.1) is 8.07 Å². The van der Waals surface area contributed by atoms with Crippen LogP contribution in [-0.4, -0.2) is 19.7 Å². The van der Waals surface area contributed by atoms with Crippen LogP contribution >= 0.6 is 11.2 Å². The van der Waals surface area contributed by atoms with E-state index in [-0.39, 0.29) is 56.3 Å². The van der Waals surface area contributed by atoms with Gasteiger partial charge in [0.25, 0.3) is 0 Å². The fourth-order valence-electron chi connectivity index (χ4n) is 3.89. The van der Waals surface area contributed by atoms with Crippen LogP contribution in [0.1, 0.15) is 33.6 Å². The molecule has 0 aromatic heterocycles. The molecule has 1 unspecified atom stereocenters. The molecule has 26 heavy (non-hydrogen) atoms. The van der Waals surface area contributed by atoms with Crippen LogP contribution in [0, 0.1) is 11.5 Å². The minimum Gasteiger partial charge on any atom is -1.00 e. The van der Waals surface area contributed by atoms with Gasteiger partial charge in [-0.25, -0.2) is 11.3 Å². The summed E-state index contributed by atoms with van der Waals surface area (Å²) >= 11 is 2.34. The van der Waals surface area contributed by atoms with Gasteiger partial charge in [0, 0.05) is 4.37 Å². The maximum absolute atomic E-state index is 3.69. The van der Waals surface area contributed by atoms with Crippen molar-refractivity contribution in [1.29, 1.82) is 0 Å². The van der Waals surface area contributed by atoms with E-state index < -0.39 is 15.3 Å². The Hall–Kier alpha value is 1.04. The van der Waals surface area contributed by atoms with E-state index in [4.69, 9.17) is 0 Å². The summed E-state index contributed by atoms with van der Waals surface area (Å²) in [5.41, 5.74) is 1.87. The average molecular weight is 480 g/mol. The van der Waals surface area contributed by atoms with Gasteiger partial charge in [-0.2, -0.15) is 17.3 Å². The van der Waals surface area contributed by atoms with Crippen LogP contribution in [0.25, 0.3) is 0 Å². The molecule has 2 aliphatic rings. The first kappa shape index (κ1) is 29.2. The molecule has 2 rings (SSSR count). The summed E-state index contributed by atoms with van der Waals surface area (Å²) in [4.78, 5) is 0. The predicted octanol–water partition coefficient (Wildman–Crippen LogP) is 0.707. The minimum atomic E-state index is -1.71. The zero-order chi connectivity index (χ0) is 17.5. The zero-order valence-corrected chi connectivity index (χ0v) is 23.4. The third-order valence-corrected chi connectivity index (χ3v) is 15.8. The van der Waals surface area contributed by atoms with Gasteiger partial charge in [0.2, 0.25) is 0 Å². The second-order valence-electron chi connectivity index (χ2n) is 9.33. The maximum atomic E-state index is 3.69. The Morgan fingerprint density at radius 2 is 1.62 bits per heavy atom. The fraction of sp³-hybridized carbons (Fsp3) is 0.600. The van der Waals surface area contributed by atoms with Crippen LogP contribution in [0.15, 0.2) is 41.1 Å². The molecule has 0 fully saturated rings. The van der Waals surface area contributed by atoms with Gasteiger partial charge in [-0.05, 0) is 11.8 Å². The monoisotopic (exact) mass is 479 g/mol. The molecule has 0 aromatic rings. The Labute approximate surface area is 195 Å². The minimum absolute atomic E-state index is 0. The van der Waals surface area contributed by atoms with Crippen molar-refractivity contribution < 1.29 is 46.5 Å². The average Bonchev–Trinajstić information content (AvgIpc) is 2.90. The first-order valence-corrected chi connectivity index (χ1v) is 16.8. The topological polar surface area (TPSA) is 0 Å². The summed E-state index contributed by atoms with van der Waals surface area (Å²) in [6.07, 6.45) is 17.7. The molecule has 6 heteroatoms. The van der Waals surface area contributed by atoms with E-state index in [0.717, 1.165) is 6.42 Å². The van der Waals surface area contributed by atoms with Gasteiger partial charge in [-0.3, -0.25) is 6.08 Å². The molecule has 2 aliphatic carbocycles. The molecular formula is C20H33Cl2SSi2Ti. The van der Waals surface area contributed by atoms with Crippen molar-refractivity contribution >= 4 is 26.5 Å². The molecule has 0 N–H and O–H groups in total. The Balaban J connectivity index is 0. The normalized spacial score (nSPS) is 22.6. The van der Waals surface area contributed by atoms with Crippen molar-refractivity contribution in [1.82, 2.24) is 0 Å². The second kappa shape index (κ2) is 10.2. The Morgan fingerprint density at radius 1 is 1.04 bits per heavy atom. The molecule has 0 aromatic carbocycles. The molecule has 0 aliphatic heterocycles. The molecule has 0 nitrogen and oxygen atoms in total. The summed E-state index contributed by atoms with van der Waals surface area (Å²) in [6.45, 7) is 19.9. The molecule has 0 saturated carbocycles. The van der Waals surface area contributed by atoms with Crippen LogP contribution < -0.4 is 24.8 Å². The van der Waals surface area contributed by atoms with E-state index in [2.05, 4.69) is 101 Å². The van der Waals surface area contributed by atoms with Crippen molar-refractivity contribution in [3.05, 3.63) is 47.2 Å². The van der Waals surface area contributed by atoms with E-state index in [0.29, 0.717) is 0 Å². The standard InChI is InChI=1S/C20H33SSi2.2ClH.Ti/c1-19(2,3)18-15-11-12-16-20(18,21-22(4,5)6)23(7,8)17-13-9-10-14-17;;;/h9,11-13,15H,10,16H2,1-8H3;2*1H;/q-1;;;+3/p-2. The van der Waals surface area contributed by atoms with Crippen LogP contribution in [0.5, 0.6) is 0 Å². The van der Waals surface area contributed by atoms with Crippen molar-refractivity contribution in [3.8, 4) is 0 Å². The molecule has 0 heterocycles. The van der Waals surface area contributed by atoms with Gasteiger partial charge in [0.15, 0.2) is 0 Å². The van der Waals surface area contributed by atoms with E-state index in [1.54, 1.807) is 5.57 Å². The van der Waals surface area contributed by atoms with Crippen LogP contribution in [0.2, 0.25) is 32.7 Å². The van der Waals surface area contributed by atoms with Gasteiger partial charge >= 0.3 is 21.7 Å². The summed E-state index contributed by atoms with van der Waals surface area (Å²) in [6, 6.07) is 0. The van der Waals surface area contributed by atoms with Crippen molar-refractivity contribution in [2.45, 2.75) is 70.7 Å². The van der Waals surface area contributed by atoms with Crippen LogP contribution in [0.4, 0.5) is 0 Å². The Kier molecular flexibility index (Phi) is 11.5. The molecule has 0 spiro atoms. The summed E-state index contributed by atoms with van der Waals surface area (Å²) in [5, 5.41) is 1.54. The van der Waals surface area contributed by atoms with Gasteiger partial charge < -0.3 is 24.8 Å². The fourth-order valence-corrected chi connectivity index (χ4v) is 19.0. The zero-order valence-electron chi connectivity index (χ0n) is 17.5. The number of hydrogen-bond donors (Lipinski definition) is 0. The largest absolute Gasteiger partial charge is 3.00 e. The van der Waals surface area contributed by atoms with Crippen molar-refractivity contribution in [2.24, 2.45) is 5.41 Å². The number of halogens is 2. The molecular weight excluding hydrogens is 447 g/mol. The Bertz CT molecular complexity index is 596. The van der Waals surface area contributed by atoms with Crippen molar-refractivity contribution in [2.75, 3.05) is 0 Å². The van der Waals surface area contributed by atoms with Crippen molar-refractivity contribution in [3.63, 3.8) is 0 Å². The quantitative estimate of drug-likeness (QED) is 0.422. The van der Waals surface area contributed by atoms with Gasteiger partial charge in [0.1, 0.15) is 7.22 Å². The summed E-state index contributed by atoms with van der Waals surface area (Å²) in [5.74, 6) is 0. The van der Waals surface area contributed by atoms with E-state index in [9.17, 15) is 0 Å². The second-order valence-corrected chi connectivity index (χ2v) is 23.7. The summed E-state index contributed by atoms with van der Waals surface area (Å²) in [7, 11) is -2.99. The molecule has 0 bridgehead atoms. The Morgan fingerprint density at radius 3 is 2.04 bits per heavy atom. The van der Waals surface area contributed by atoms with Gasteiger partial charge in [-0.1, -0.05) is 77.3 Å². The van der Waals surface area contributed by atoms with E-state index in [1.807, 2.05) is 0 Å². The predicted molar refractivity (Wildman–Crippen MR) is 113 cm³/mol. The molecule has 1 atom stereocenters. The van der Waals surface area contributed by atoms with E-state index >= 15 is 0 Å². The number of rotatable bonds is 4. The van der Waals surface area contributed by atoms with Crippen LogP contribution in [0.3, 0.4) is 0 Å². The number of hydrogen-bond acceptors (Lipinski definition) is 1. The number of allylic oxidation sites excluding steroid dienone is 7. The molecule has 1 radical (unpaired) electrons. The first-order chi connectivity index (χ1) is 10.4. The molecule has 145 valence electrons. The van der Waals surface area contributed by atoms with Gasteiger partial charge in [-0.15, -0.1) is 6.42 Å². The smallest absolute Gasteiger partial charge is 1.00 e. The van der Waals surface area contributed by atoms with E-state index in [1.165, 1.54) is 11.6 Å². The van der Waals surface area contributed by atoms with Crippen LogP contribution in [-0.2, 0) is 21.7 Å². The first-order valence-electron chi connectivity index (χ1n) is 8.76. The SMILES string of the molecule is CC(C)(C)C1=CC=CCC1(S[Si](C)(C)C)[Si](C)(C)C1=[C-]CC=C1.[Cl-].[Cl-].[Ti+3]. The molecule has 0 saturated heterocycles. The maximum Gasteiger partial charge on any atom is 3.00 e. The third kappa shape index (κ3) is 6.02.